The Kier molecular flexibility index (Phi) is 3.76. The second-order valence-electron chi connectivity index (χ2n) is 3.97. The van der Waals surface area contributed by atoms with E-state index in [4.69, 9.17) is 4.74 Å². The number of ether oxygens (including phenoxy) is 1. The van der Waals surface area contributed by atoms with Crippen molar-refractivity contribution in [1.29, 1.82) is 0 Å². The maximum Gasteiger partial charge on any atom is 0.243 e. The molecule has 1 unspecified atom stereocenters. The number of halogens is 1. The van der Waals surface area contributed by atoms with Crippen LogP contribution in [0.15, 0.2) is 29.2 Å². The summed E-state index contributed by atoms with van der Waals surface area (Å²) in [7, 11) is -3.80. The summed E-state index contributed by atoms with van der Waals surface area (Å²) in [4.78, 5) is -0.314. The zero-order valence-electron chi connectivity index (χ0n) is 9.23. The van der Waals surface area contributed by atoms with Crippen molar-refractivity contribution >= 4 is 10.0 Å². The molecule has 1 saturated heterocycles. The first-order valence-corrected chi connectivity index (χ1v) is 6.92. The molecule has 0 radical (unpaired) electrons. The molecular formula is C11H14FNO3S. The average Bonchev–Trinajstić information content (AvgIpc) is 2.30. The topological polar surface area (TPSA) is 55.4 Å². The highest BCUT2D eigenvalue weighted by Crippen LogP contribution is 2.15. The Balaban J connectivity index is 2.16. The Hall–Kier alpha value is -0.980. The van der Waals surface area contributed by atoms with Crippen LogP contribution < -0.4 is 4.72 Å². The third-order valence-corrected chi connectivity index (χ3v) is 4.16. The normalized spacial score (nSPS) is 21.4. The third kappa shape index (κ3) is 3.02. The summed E-state index contributed by atoms with van der Waals surface area (Å²) in [6, 6.07) is 5.06. The SMILES string of the molecule is O=S(=O)(NC1CCCOC1)c1ccccc1F. The summed E-state index contributed by atoms with van der Waals surface area (Å²) < 4.78 is 44.9. The van der Waals surface area contributed by atoms with Crippen LogP contribution in [-0.4, -0.2) is 27.7 Å². The predicted molar refractivity (Wildman–Crippen MR) is 60.6 cm³/mol. The third-order valence-electron chi connectivity index (χ3n) is 2.61. The van der Waals surface area contributed by atoms with Crippen molar-refractivity contribution in [3.05, 3.63) is 30.1 Å². The van der Waals surface area contributed by atoms with Crippen molar-refractivity contribution in [2.75, 3.05) is 13.2 Å². The van der Waals surface area contributed by atoms with Crippen LogP contribution in [0.1, 0.15) is 12.8 Å². The molecule has 0 saturated carbocycles. The van der Waals surface area contributed by atoms with Gasteiger partial charge in [0.2, 0.25) is 10.0 Å². The molecule has 94 valence electrons. The van der Waals surface area contributed by atoms with Gasteiger partial charge in [0.1, 0.15) is 10.7 Å². The standard InChI is InChI=1S/C11H14FNO3S/c12-10-5-1-2-6-11(10)17(14,15)13-9-4-3-7-16-8-9/h1-2,5-6,9,13H,3-4,7-8H2. The van der Waals surface area contributed by atoms with Gasteiger partial charge >= 0.3 is 0 Å². The van der Waals surface area contributed by atoms with E-state index >= 15 is 0 Å². The van der Waals surface area contributed by atoms with Gasteiger partial charge in [-0.15, -0.1) is 0 Å². The highest BCUT2D eigenvalue weighted by Gasteiger charge is 2.24. The Morgan fingerprint density at radius 2 is 2.12 bits per heavy atom. The molecule has 0 amide bonds. The van der Waals surface area contributed by atoms with Gasteiger partial charge in [0, 0.05) is 12.6 Å². The monoisotopic (exact) mass is 259 g/mol. The van der Waals surface area contributed by atoms with Crippen molar-refractivity contribution in [3.63, 3.8) is 0 Å². The van der Waals surface area contributed by atoms with Crippen molar-refractivity contribution in [3.8, 4) is 0 Å². The number of hydrogen-bond acceptors (Lipinski definition) is 3. The molecule has 0 spiro atoms. The Morgan fingerprint density at radius 1 is 1.35 bits per heavy atom. The van der Waals surface area contributed by atoms with Crippen molar-refractivity contribution in [2.45, 2.75) is 23.8 Å². The zero-order valence-corrected chi connectivity index (χ0v) is 10.0. The lowest BCUT2D eigenvalue weighted by Crippen LogP contribution is -2.40. The average molecular weight is 259 g/mol. The van der Waals surface area contributed by atoms with E-state index in [0.29, 0.717) is 19.6 Å². The lowest BCUT2D eigenvalue weighted by molar-refractivity contribution is 0.0774. The summed E-state index contributed by atoms with van der Waals surface area (Å²) in [5, 5.41) is 0. The molecule has 4 nitrogen and oxygen atoms in total. The molecule has 0 bridgehead atoms. The van der Waals surface area contributed by atoms with E-state index in [0.717, 1.165) is 12.5 Å². The molecule has 6 heteroatoms. The molecular weight excluding hydrogens is 245 g/mol. The molecule has 2 rings (SSSR count). The molecule has 17 heavy (non-hydrogen) atoms. The lowest BCUT2D eigenvalue weighted by Gasteiger charge is -2.23. The smallest absolute Gasteiger partial charge is 0.243 e. The van der Waals surface area contributed by atoms with E-state index < -0.39 is 15.8 Å². The van der Waals surface area contributed by atoms with Crippen molar-refractivity contribution in [1.82, 2.24) is 4.72 Å². The fourth-order valence-corrected chi connectivity index (χ4v) is 3.11. The van der Waals surface area contributed by atoms with E-state index in [1.54, 1.807) is 0 Å². The number of sulfonamides is 1. The summed E-state index contributed by atoms with van der Waals surface area (Å²) in [6.45, 7) is 0.992. The van der Waals surface area contributed by atoms with E-state index in [1.807, 2.05) is 0 Å². The molecule has 1 heterocycles. The molecule has 1 aromatic carbocycles. The van der Waals surface area contributed by atoms with Gasteiger partial charge in [-0.2, -0.15) is 0 Å². The van der Waals surface area contributed by atoms with Crippen LogP contribution in [-0.2, 0) is 14.8 Å². The number of benzene rings is 1. The summed E-state index contributed by atoms with van der Waals surface area (Å²) in [6.07, 6.45) is 1.53. The van der Waals surface area contributed by atoms with Crippen molar-refractivity contribution in [2.24, 2.45) is 0 Å². The fraction of sp³-hybridized carbons (Fsp3) is 0.455. The molecule has 1 atom stereocenters. The molecule has 1 aromatic rings. The second-order valence-corrected chi connectivity index (χ2v) is 5.65. The number of rotatable bonds is 3. The number of hydrogen-bond donors (Lipinski definition) is 1. The number of nitrogens with one attached hydrogen (secondary N) is 1. The lowest BCUT2D eigenvalue weighted by atomic mass is 10.1. The van der Waals surface area contributed by atoms with Gasteiger partial charge in [-0.25, -0.2) is 17.5 Å². The van der Waals surface area contributed by atoms with Gasteiger partial charge in [-0.1, -0.05) is 12.1 Å². The van der Waals surface area contributed by atoms with Crippen LogP contribution in [0.25, 0.3) is 0 Å². The predicted octanol–water partition coefficient (Wildman–Crippen LogP) is 1.28. The van der Waals surface area contributed by atoms with E-state index in [2.05, 4.69) is 4.72 Å². The van der Waals surface area contributed by atoms with E-state index in [9.17, 15) is 12.8 Å². The molecule has 0 aliphatic carbocycles. The minimum absolute atomic E-state index is 0.270. The van der Waals surface area contributed by atoms with Crippen LogP contribution in [0.2, 0.25) is 0 Å². The summed E-state index contributed by atoms with van der Waals surface area (Å²) in [5.41, 5.74) is 0. The maximum absolute atomic E-state index is 13.4. The highest BCUT2D eigenvalue weighted by molar-refractivity contribution is 7.89. The van der Waals surface area contributed by atoms with Crippen LogP contribution in [0.5, 0.6) is 0 Å². The Morgan fingerprint density at radius 3 is 2.76 bits per heavy atom. The van der Waals surface area contributed by atoms with Gasteiger partial charge in [-0.3, -0.25) is 0 Å². The molecule has 1 fully saturated rings. The van der Waals surface area contributed by atoms with Gasteiger partial charge in [0.05, 0.1) is 6.61 Å². The molecule has 0 aromatic heterocycles. The Bertz CT molecular complexity index is 483. The van der Waals surface area contributed by atoms with Crippen LogP contribution >= 0.6 is 0 Å². The van der Waals surface area contributed by atoms with Gasteiger partial charge in [-0.05, 0) is 25.0 Å². The quantitative estimate of drug-likeness (QED) is 0.889. The van der Waals surface area contributed by atoms with E-state index in [-0.39, 0.29) is 10.9 Å². The first-order chi connectivity index (χ1) is 8.09. The largest absolute Gasteiger partial charge is 0.380 e. The minimum atomic E-state index is -3.80. The summed E-state index contributed by atoms with van der Waals surface area (Å²) in [5.74, 6) is -0.739. The molecule has 1 N–H and O–H groups in total. The summed E-state index contributed by atoms with van der Waals surface area (Å²) >= 11 is 0. The second kappa shape index (κ2) is 5.12. The first-order valence-electron chi connectivity index (χ1n) is 5.44. The van der Waals surface area contributed by atoms with Crippen LogP contribution in [0.4, 0.5) is 4.39 Å². The zero-order chi connectivity index (χ0) is 12.3. The molecule has 1 aliphatic rings. The highest BCUT2D eigenvalue weighted by atomic mass is 32.2. The van der Waals surface area contributed by atoms with Gasteiger partial charge in [0.15, 0.2) is 0 Å². The van der Waals surface area contributed by atoms with E-state index in [1.165, 1.54) is 18.2 Å². The van der Waals surface area contributed by atoms with Crippen LogP contribution in [0.3, 0.4) is 0 Å². The molecule has 1 aliphatic heterocycles. The fourth-order valence-electron chi connectivity index (χ4n) is 1.78. The van der Waals surface area contributed by atoms with Crippen molar-refractivity contribution < 1.29 is 17.5 Å². The van der Waals surface area contributed by atoms with Gasteiger partial charge < -0.3 is 4.74 Å². The minimum Gasteiger partial charge on any atom is -0.380 e. The maximum atomic E-state index is 13.4. The van der Waals surface area contributed by atoms with Gasteiger partial charge in [0.25, 0.3) is 0 Å². The van der Waals surface area contributed by atoms with Crippen LogP contribution in [0, 0.1) is 5.82 Å². The first kappa shape index (κ1) is 12.5. The Labute approximate surface area is 99.8 Å².